The molecule has 3 fully saturated rings. The van der Waals surface area contributed by atoms with Crippen molar-refractivity contribution in [2.24, 2.45) is 11.8 Å². The standard InChI is InChI=1S/C37H58O9SSi/c1-28(31(44-34-20-12-14-23-42-34)22-25-41-29-17-9-7-10-18-29)36-30(19-11-8-16-26-47(38,39)40)32(46-48(5,6)37(2,3)4)27-33(36)45-35-21-13-15-24-43-35/h7,9-10,17-18,30,32-36H,11-15,19-27H2,1-6H3,(H,38,39,40)/t30-,32-,33+,34?,35?,36+/m1/s1. The molecule has 1 aromatic rings. The lowest BCUT2D eigenvalue weighted by molar-refractivity contribution is -0.194. The maximum absolute atomic E-state index is 11.3. The maximum atomic E-state index is 11.3. The number of hydrogen-bond donors (Lipinski definition) is 1. The minimum atomic E-state index is -4.15. The first-order valence-electron chi connectivity index (χ1n) is 17.7. The molecule has 1 aromatic carbocycles. The summed E-state index contributed by atoms with van der Waals surface area (Å²) in [7, 11) is -6.33. The Labute approximate surface area is 290 Å². The first kappa shape index (κ1) is 38.9. The molecule has 1 N–H and O–H groups in total. The van der Waals surface area contributed by atoms with Crippen molar-refractivity contribution in [3.63, 3.8) is 0 Å². The van der Waals surface area contributed by atoms with Gasteiger partial charge in [-0.15, -0.1) is 5.92 Å². The van der Waals surface area contributed by atoms with E-state index in [-0.39, 0.29) is 41.7 Å². The second-order valence-corrected chi connectivity index (χ2v) is 21.1. The Bertz CT molecular complexity index is 1330. The van der Waals surface area contributed by atoms with E-state index in [2.05, 4.69) is 52.6 Å². The third-order valence-corrected chi connectivity index (χ3v) is 15.2. The van der Waals surface area contributed by atoms with Crippen LogP contribution in [0.15, 0.2) is 41.7 Å². The van der Waals surface area contributed by atoms with Gasteiger partial charge in [0.2, 0.25) is 0 Å². The number of ether oxygens (including phenoxy) is 5. The fraction of sp³-hybridized carbons (Fsp3) is 0.730. The Balaban J connectivity index is 1.70. The van der Waals surface area contributed by atoms with Crippen molar-refractivity contribution < 1.29 is 41.1 Å². The molecule has 0 spiro atoms. The van der Waals surface area contributed by atoms with Gasteiger partial charge in [-0.25, -0.2) is 0 Å². The van der Waals surface area contributed by atoms with Gasteiger partial charge in [0.1, 0.15) is 17.3 Å². The predicted molar refractivity (Wildman–Crippen MR) is 189 cm³/mol. The summed E-state index contributed by atoms with van der Waals surface area (Å²) >= 11 is 0. The lowest BCUT2D eigenvalue weighted by Gasteiger charge is -2.40. The first-order valence-corrected chi connectivity index (χ1v) is 22.3. The van der Waals surface area contributed by atoms with Crippen LogP contribution >= 0.6 is 0 Å². The minimum Gasteiger partial charge on any atom is -0.493 e. The van der Waals surface area contributed by atoms with Crippen LogP contribution in [0, 0.1) is 23.7 Å². The summed E-state index contributed by atoms with van der Waals surface area (Å²) < 4.78 is 70.8. The molecule has 2 heterocycles. The summed E-state index contributed by atoms with van der Waals surface area (Å²) in [5.41, 5.74) is 1.10. The molecular weight excluding hydrogens is 649 g/mol. The molecule has 0 bridgehead atoms. The van der Waals surface area contributed by atoms with Crippen LogP contribution in [-0.2, 0) is 33.5 Å². The molecule has 2 aliphatic heterocycles. The highest BCUT2D eigenvalue weighted by Crippen LogP contribution is 2.48. The smallest absolute Gasteiger partial charge is 0.276 e. The van der Waals surface area contributed by atoms with Gasteiger partial charge in [-0.1, -0.05) is 44.9 Å². The lowest BCUT2D eigenvalue weighted by atomic mass is 9.83. The Morgan fingerprint density at radius 2 is 1.65 bits per heavy atom. The van der Waals surface area contributed by atoms with Crippen LogP contribution in [-0.4, -0.2) is 71.6 Å². The van der Waals surface area contributed by atoms with Crippen LogP contribution < -0.4 is 4.74 Å². The topological polar surface area (TPSA) is 110 Å². The van der Waals surface area contributed by atoms with Gasteiger partial charge >= 0.3 is 0 Å². The Morgan fingerprint density at radius 1 is 0.979 bits per heavy atom. The van der Waals surface area contributed by atoms with Gasteiger partial charge in [0, 0.05) is 31.8 Å². The molecule has 48 heavy (non-hydrogen) atoms. The van der Waals surface area contributed by atoms with Gasteiger partial charge in [0.25, 0.3) is 10.1 Å². The fourth-order valence-corrected chi connectivity index (χ4v) is 8.28. The Morgan fingerprint density at radius 3 is 2.25 bits per heavy atom. The van der Waals surface area contributed by atoms with E-state index in [0.29, 0.717) is 45.5 Å². The van der Waals surface area contributed by atoms with Crippen molar-refractivity contribution >= 4 is 18.4 Å². The van der Waals surface area contributed by atoms with Crippen LogP contribution in [0.4, 0.5) is 0 Å². The number of para-hydroxylation sites is 1. The molecule has 9 nitrogen and oxygen atoms in total. The van der Waals surface area contributed by atoms with E-state index in [1.165, 1.54) is 0 Å². The molecule has 4 rings (SSSR count). The normalized spacial score (nSPS) is 27.5. The van der Waals surface area contributed by atoms with Crippen molar-refractivity contribution in [3.05, 3.63) is 41.7 Å². The van der Waals surface area contributed by atoms with Crippen LogP contribution in [0.3, 0.4) is 0 Å². The molecule has 0 amide bonds. The van der Waals surface area contributed by atoms with Crippen LogP contribution in [0.1, 0.15) is 91.9 Å². The molecule has 2 saturated heterocycles. The molecule has 1 aliphatic carbocycles. The molecule has 6 atom stereocenters. The molecule has 1 saturated carbocycles. The highest BCUT2D eigenvalue weighted by Gasteiger charge is 2.50. The van der Waals surface area contributed by atoms with Crippen molar-refractivity contribution in [1.29, 1.82) is 0 Å². The maximum Gasteiger partial charge on any atom is 0.276 e. The van der Waals surface area contributed by atoms with E-state index in [1.807, 2.05) is 30.3 Å². The van der Waals surface area contributed by atoms with Gasteiger partial charge in [-0.2, -0.15) is 8.42 Å². The summed E-state index contributed by atoms with van der Waals surface area (Å²) in [5.74, 6) is 6.71. The van der Waals surface area contributed by atoms with E-state index in [9.17, 15) is 13.0 Å². The average Bonchev–Trinajstić information content (AvgIpc) is 3.35. The lowest BCUT2D eigenvalue weighted by Crippen LogP contribution is -2.45. The fourth-order valence-electron chi connectivity index (χ4n) is 6.61. The van der Waals surface area contributed by atoms with Crippen molar-refractivity contribution in [2.75, 3.05) is 25.6 Å². The minimum absolute atomic E-state index is 0.0139. The molecule has 11 heteroatoms. The summed E-state index contributed by atoms with van der Waals surface area (Å²) in [4.78, 5) is 0. The highest BCUT2D eigenvalue weighted by molar-refractivity contribution is 7.86. The van der Waals surface area contributed by atoms with Gasteiger partial charge in [-0.05, 0) is 93.6 Å². The summed E-state index contributed by atoms with van der Waals surface area (Å²) in [6, 6.07) is 9.80. The third kappa shape index (κ3) is 11.9. The van der Waals surface area contributed by atoms with Crippen LogP contribution in [0.2, 0.25) is 18.1 Å². The molecule has 270 valence electrons. The monoisotopic (exact) mass is 706 g/mol. The van der Waals surface area contributed by atoms with E-state index in [0.717, 1.165) is 55.6 Å². The van der Waals surface area contributed by atoms with Gasteiger partial charge in [0.15, 0.2) is 20.9 Å². The summed E-state index contributed by atoms with van der Waals surface area (Å²) in [5, 5.41) is 0.0139. The van der Waals surface area contributed by atoms with E-state index >= 15 is 0 Å². The van der Waals surface area contributed by atoms with Crippen LogP contribution in [0.25, 0.3) is 0 Å². The first-order chi connectivity index (χ1) is 22.7. The summed E-state index contributed by atoms with van der Waals surface area (Å²) in [6.07, 6.45) is 7.47. The molecule has 3 aliphatic rings. The highest BCUT2D eigenvalue weighted by atomic mass is 32.2. The second-order valence-electron chi connectivity index (χ2n) is 14.9. The van der Waals surface area contributed by atoms with Gasteiger partial charge < -0.3 is 28.1 Å². The zero-order valence-corrected chi connectivity index (χ0v) is 31.7. The van der Waals surface area contributed by atoms with Crippen LogP contribution in [0.5, 0.6) is 5.75 Å². The van der Waals surface area contributed by atoms with E-state index in [4.69, 9.17) is 28.1 Å². The number of benzene rings is 1. The Kier molecular flexibility index (Phi) is 14.5. The zero-order chi connectivity index (χ0) is 34.8. The summed E-state index contributed by atoms with van der Waals surface area (Å²) in [6.45, 7) is 15.3. The Hall–Kier alpha value is -1.91. The van der Waals surface area contributed by atoms with Gasteiger partial charge in [0.05, 0.1) is 25.4 Å². The average molecular weight is 707 g/mol. The van der Waals surface area contributed by atoms with E-state index in [1.54, 1.807) is 0 Å². The zero-order valence-electron chi connectivity index (χ0n) is 29.9. The van der Waals surface area contributed by atoms with Crippen molar-refractivity contribution in [3.8, 4) is 17.6 Å². The molecule has 0 radical (unpaired) electrons. The number of rotatable bonds is 14. The molecular formula is C37H58O9SSi. The molecule has 0 aromatic heterocycles. The second kappa shape index (κ2) is 17.8. The number of hydrogen-bond acceptors (Lipinski definition) is 8. The quantitative estimate of drug-likeness (QED) is 0.0894. The largest absolute Gasteiger partial charge is 0.493 e. The van der Waals surface area contributed by atoms with E-state index < -0.39 is 24.2 Å². The molecule has 2 unspecified atom stereocenters. The van der Waals surface area contributed by atoms with Crippen molar-refractivity contribution in [2.45, 2.75) is 135 Å². The van der Waals surface area contributed by atoms with Gasteiger partial charge in [-0.3, -0.25) is 4.55 Å². The SMILES string of the molecule is CC(=C(CCOc1ccccc1)OC1CCCCO1)[C@H]1[C@H](CCC#CCS(=O)(=O)O)[C@H](O[Si](C)(C)C(C)(C)C)C[C@@H]1OC1CCCCO1. The van der Waals surface area contributed by atoms with Crippen molar-refractivity contribution in [1.82, 2.24) is 0 Å². The third-order valence-electron chi connectivity index (χ3n) is 10.2. The predicted octanol–water partition coefficient (Wildman–Crippen LogP) is 7.88.